The van der Waals surface area contributed by atoms with Crippen LogP contribution in [0.5, 0.6) is 0 Å². The van der Waals surface area contributed by atoms with Gasteiger partial charge in [-0.25, -0.2) is 4.98 Å². The van der Waals surface area contributed by atoms with Gasteiger partial charge in [0, 0.05) is 19.3 Å². The number of aromatic nitrogens is 2. The van der Waals surface area contributed by atoms with Gasteiger partial charge in [0.05, 0.1) is 12.0 Å². The summed E-state index contributed by atoms with van der Waals surface area (Å²) in [7, 11) is 0. The second-order valence-electron chi connectivity index (χ2n) is 5.55. The van der Waals surface area contributed by atoms with Gasteiger partial charge in [-0.05, 0) is 24.9 Å². The van der Waals surface area contributed by atoms with Crippen molar-refractivity contribution in [1.29, 1.82) is 0 Å². The van der Waals surface area contributed by atoms with Crippen molar-refractivity contribution in [1.82, 2.24) is 14.9 Å². The Labute approximate surface area is 115 Å². The number of nitrogens with one attached hydrogen (secondary N) is 1. The van der Waals surface area contributed by atoms with E-state index in [0.29, 0.717) is 5.92 Å². The maximum absolute atomic E-state index is 4.43. The van der Waals surface area contributed by atoms with Crippen LogP contribution in [0.3, 0.4) is 0 Å². The van der Waals surface area contributed by atoms with Gasteiger partial charge < -0.3 is 9.88 Å². The molecule has 0 bridgehead atoms. The summed E-state index contributed by atoms with van der Waals surface area (Å²) in [5.74, 6) is 0.676. The van der Waals surface area contributed by atoms with Crippen LogP contribution in [0.1, 0.15) is 30.7 Å². The summed E-state index contributed by atoms with van der Waals surface area (Å²) in [6.45, 7) is 9.30. The molecule has 0 aliphatic rings. The fraction of sp³-hybridized carbons (Fsp3) is 0.438. The van der Waals surface area contributed by atoms with E-state index in [1.807, 2.05) is 6.33 Å². The molecule has 2 aromatic rings. The second-order valence-corrected chi connectivity index (χ2v) is 5.55. The van der Waals surface area contributed by atoms with Crippen molar-refractivity contribution in [3.05, 3.63) is 53.6 Å². The van der Waals surface area contributed by atoms with Gasteiger partial charge >= 0.3 is 0 Å². The Hall–Kier alpha value is -1.61. The minimum atomic E-state index is 0.676. The summed E-state index contributed by atoms with van der Waals surface area (Å²) in [6.07, 6.45) is 4.03. The van der Waals surface area contributed by atoms with Crippen LogP contribution in [-0.2, 0) is 13.1 Å². The van der Waals surface area contributed by atoms with E-state index in [9.17, 15) is 0 Å². The average molecular weight is 257 g/mol. The van der Waals surface area contributed by atoms with Gasteiger partial charge in [-0.3, -0.25) is 0 Å². The van der Waals surface area contributed by atoms with Crippen LogP contribution in [0.25, 0.3) is 0 Å². The minimum absolute atomic E-state index is 0.676. The second kappa shape index (κ2) is 6.53. The summed E-state index contributed by atoms with van der Waals surface area (Å²) < 4.78 is 2.14. The van der Waals surface area contributed by atoms with Gasteiger partial charge in [-0.15, -0.1) is 0 Å². The molecule has 102 valence electrons. The Morgan fingerprint density at radius 2 is 1.95 bits per heavy atom. The lowest BCUT2D eigenvalue weighted by Crippen LogP contribution is -2.19. The Kier molecular flexibility index (Phi) is 4.74. The molecule has 1 aromatic heterocycles. The van der Waals surface area contributed by atoms with E-state index in [0.717, 1.165) is 25.3 Å². The molecule has 19 heavy (non-hydrogen) atoms. The van der Waals surface area contributed by atoms with E-state index < -0.39 is 0 Å². The van der Waals surface area contributed by atoms with Crippen LogP contribution in [0.2, 0.25) is 0 Å². The average Bonchev–Trinajstić information content (AvgIpc) is 2.79. The normalized spacial score (nSPS) is 11.2. The standard InChI is InChI=1S/C16H23N3/c1-13(2)8-17-9-16-11-19(12-18-16)10-15-6-4-14(3)5-7-15/h4-7,11-13,17H,8-10H2,1-3H3. The van der Waals surface area contributed by atoms with Gasteiger partial charge in [0.1, 0.15) is 0 Å². The zero-order valence-corrected chi connectivity index (χ0v) is 12.1. The van der Waals surface area contributed by atoms with Crippen molar-refractivity contribution >= 4 is 0 Å². The number of rotatable bonds is 6. The molecule has 0 saturated heterocycles. The summed E-state index contributed by atoms with van der Waals surface area (Å²) in [4.78, 5) is 4.43. The number of imidazole rings is 1. The fourth-order valence-electron chi connectivity index (χ4n) is 1.98. The molecule has 0 amide bonds. The number of aryl methyl sites for hydroxylation is 1. The number of nitrogens with zero attached hydrogens (tertiary/aromatic N) is 2. The van der Waals surface area contributed by atoms with Crippen LogP contribution in [-0.4, -0.2) is 16.1 Å². The largest absolute Gasteiger partial charge is 0.333 e. The predicted molar refractivity (Wildman–Crippen MR) is 79.1 cm³/mol. The molecule has 1 heterocycles. The maximum Gasteiger partial charge on any atom is 0.0953 e. The lowest BCUT2D eigenvalue weighted by molar-refractivity contribution is 0.548. The highest BCUT2D eigenvalue weighted by Gasteiger charge is 2.00. The summed E-state index contributed by atoms with van der Waals surface area (Å²) in [5, 5.41) is 3.41. The maximum atomic E-state index is 4.43. The van der Waals surface area contributed by atoms with E-state index in [-0.39, 0.29) is 0 Å². The summed E-state index contributed by atoms with van der Waals surface area (Å²) >= 11 is 0. The number of hydrogen-bond donors (Lipinski definition) is 1. The van der Waals surface area contributed by atoms with Gasteiger partial charge in [0.15, 0.2) is 0 Å². The highest BCUT2D eigenvalue weighted by atomic mass is 15.0. The van der Waals surface area contributed by atoms with E-state index in [1.165, 1.54) is 11.1 Å². The van der Waals surface area contributed by atoms with Crippen molar-refractivity contribution in [3.8, 4) is 0 Å². The van der Waals surface area contributed by atoms with Crippen LogP contribution < -0.4 is 5.32 Å². The molecule has 1 aromatic carbocycles. The third-order valence-electron chi connectivity index (χ3n) is 3.03. The van der Waals surface area contributed by atoms with E-state index in [2.05, 4.69) is 66.1 Å². The quantitative estimate of drug-likeness (QED) is 0.862. The first-order valence-corrected chi connectivity index (χ1v) is 6.90. The van der Waals surface area contributed by atoms with Crippen LogP contribution in [0.15, 0.2) is 36.8 Å². The molecule has 2 rings (SSSR count). The number of benzene rings is 1. The SMILES string of the molecule is Cc1ccc(Cn2cnc(CNCC(C)C)c2)cc1. The van der Waals surface area contributed by atoms with Gasteiger partial charge in [0.2, 0.25) is 0 Å². The van der Waals surface area contributed by atoms with Crippen LogP contribution in [0.4, 0.5) is 0 Å². The molecule has 0 atom stereocenters. The van der Waals surface area contributed by atoms with Crippen molar-refractivity contribution in [2.45, 2.75) is 33.9 Å². The molecule has 0 aliphatic heterocycles. The Bertz CT molecular complexity index is 497. The zero-order chi connectivity index (χ0) is 13.7. The van der Waals surface area contributed by atoms with Crippen molar-refractivity contribution in [3.63, 3.8) is 0 Å². The van der Waals surface area contributed by atoms with Gasteiger partial charge in [-0.1, -0.05) is 43.7 Å². The van der Waals surface area contributed by atoms with E-state index >= 15 is 0 Å². The first-order valence-electron chi connectivity index (χ1n) is 6.90. The van der Waals surface area contributed by atoms with Crippen molar-refractivity contribution in [2.75, 3.05) is 6.54 Å². The molecular weight excluding hydrogens is 234 g/mol. The summed E-state index contributed by atoms with van der Waals surface area (Å²) in [5.41, 5.74) is 3.71. The highest BCUT2D eigenvalue weighted by molar-refractivity contribution is 5.21. The molecule has 3 heteroatoms. The monoisotopic (exact) mass is 257 g/mol. The molecule has 0 unspecified atom stereocenters. The van der Waals surface area contributed by atoms with Crippen molar-refractivity contribution < 1.29 is 0 Å². The molecule has 3 nitrogen and oxygen atoms in total. The third-order valence-corrected chi connectivity index (χ3v) is 3.03. The third kappa shape index (κ3) is 4.52. The zero-order valence-electron chi connectivity index (χ0n) is 12.1. The van der Waals surface area contributed by atoms with Crippen LogP contribution >= 0.6 is 0 Å². The molecule has 1 N–H and O–H groups in total. The minimum Gasteiger partial charge on any atom is -0.333 e. The molecule has 0 fully saturated rings. The van der Waals surface area contributed by atoms with Crippen LogP contribution in [0, 0.1) is 12.8 Å². The van der Waals surface area contributed by atoms with Crippen molar-refractivity contribution in [2.24, 2.45) is 5.92 Å². The predicted octanol–water partition coefficient (Wildman–Crippen LogP) is 2.99. The highest BCUT2D eigenvalue weighted by Crippen LogP contribution is 2.06. The van der Waals surface area contributed by atoms with Gasteiger partial charge in [0.25, 0.3) is 0 Å². The molecular formula is C16H23N3. The molecule has 0 saturated carbocycles. The first kappa shape index (κ1) is 13.8. The lowest BCUT2D eigenvalue weighted by atomic mass is 10.1. The Balaban J connectivity index is 1.88. The summed E-state index contributed by atoms with van der Waals surface area (Å²) in [6, 6.07) is 8.65. The first-order chi connectivity index (χ1) is 9.13. The smallest absolute Gasteiger partial charge is 0.0953 e. The van der Waals surface area contributed by atoms with Gasteiger partial charge in [-0.2, -0.15) is 0 Å². The van der Waals surface area contributed by atoms with E-state index in [4.69, 9.17) is 0 Å². The lowest BCUT2D eigenvalue weighted by Gasteiger charge is -2.05. The molecule has 0 spiro atoms. The Morgan fingerprint density at radius 3 is 2.63 bits per heavy atom. The molecule has 0 aliphatic carbocycles. The fourth-order valence-corrected chi connectivity index (χ4v) is 1.98. The topological polar surface area (TPSA) is 29.9 Å². The number of hydrogen-bond acceptors (Lipinski definition) is 2. The molecule has 0 radical (unpaired) electrons. The Morgan fingerprint density at radius 1 is 1.21 bits per heavy atom. The van der Waals surface area contributed by atoms with E-state index in [1.54, 1.807) is 0 Å².